The molecule has 1 atom stereocenters. The molecule has 0 aliphatic carbocycles. The Morgan fingerprint density at radius 2 is 1.67 bits per heavy atom. The van der Waals surface area contributed by atoms with Crippen molar-refractivity contribution < 1.29 is 4.39 Å². The van der Waals surface area contributed by atoms with Crippen molar-refractivity contribution in [2.45, 2.75) is 5.38 Å². The molecule has 0 spiro atoms. The van der Waals surface area contributed by atoms with Crippen molar-refractivity contribution in [1.82, 2.24) is 0 Å². The first-order valence-electron chi connectivity index (χ1n) is 5.03. The van der Waals surface area contributed by atoms with Crippen LogP contribution >= 0.6 is 50.7 Å². The second-order valence-electron chi connectivity index (χ2n) is 3.69. The highest BCUT2D eigenvalue weighted by atomic mass is 79.9. The molecule has 0 saturated carbocycles. The predicted octanol–water partition coefficient (Wildman–Crippen LogP) is 6.22. The summed E-state index contributed by atoms with van der Waals surface area (Å²) in [6.07, 6.45) is 0. The van der Waals surface area contributed by atoms with Gasteiger partial charge in [-0.3, -0.25) is 0 Å². The van der Waals surface area contributed by atoms with Gasteiger partial charge in [-0.25, -0.2) is 4.39 Å². The maximum absolute atomic E-state index is 13.0. The van der Waals surface area contributed by atoms with Gasteiger partial charge in [0.1, 0.15) is 5.82 Å². The third kappa shape index (κ3) is 3.00. The molecule has 0 fully saturated rings. The van der Waals surface area contributed by atoms with Crippen LogP contribution in [0.2, 0.25) is 10.0 Å². The molecule has 94 valence electrons. The van der Waals surface area contributed by atoms with Gasteiger partial charge in [0.05, 0.1) is 5.38 Å². The predicted molar refractivity (Wildman–Crippen MR) is 78.3 cm³/mol. The van der Waals surface area contributed by atoms with Crippen LogP contribution in [0, 0.1) is 5.82 Å². The van der Waals surface area contributed by atoms with Gasteiger partial charge in [-0.1, -0.05) is 51.3 Å². The molecule has 0 N–H and O–H groups in total. The second-order valence-corrected chi connectivity index (χ2v) is 5.83. The number of benzene rings is 2. The average molecular weight is 368 g/mol. The fraction of sp³-hybridized carbons (Fsp3) is 0.0769. The SMILES string of the molecule is Fc1ccc(C(Cl)c2ccc(Cl)cc2Cl)c(Br)c1. The summed E-state index contributed by atoms with van der Waals surface area (Å²) in [6, 6.07) is 9.47. The van der Waals surface area contributed by atoms with Crippen molar-refractivity contribution in [1.29, 1.82) is 0 Å². The Morgan fingerprint density at radius 1 is 1.00 bits per heavy atom. The van der Waals surface area contributed by atoms with Crippen LogP contribution in [0.25, 0.3) is 0 Å². The van der Waals surface area contributed by atoms with E-state index in [2.05, 4.69) is 15.9 Å². The fourth-order valence-corrected chi connectivity index (χ4v) is 3.25. The molecule has 5 heteroatoms. The molecular weight excluding hydrogens is 361 g/mol. The summed E-state index contributed by atoms with van der Waals surface area (Å²) in [7, 11) is 0. The van der Waals surface area contributed by atoms with Crippen LogP contribution in [-0.4, -0.2) is 0 Å². The van der Waals surface area contributed by atoms with Gasteiger partial charge >= 0.3 is 0 Å². The first-order valence-corrected chi connectivity index (χ1v) is 7.01. The van der Waals surface area contributed by atoms with Crippen LogP contribution < -0.4 is 0 Å². The van der Waals surface area contributed by atoms with Crippen LogP contribution in [-0.2, 0) is 0 Å². The zero-order valence-corrected chi connectivity index (χ0v) is 12.8. The van der Waals surface area contributed by atoms with E-state index in [4.69, 9.17) is 34.8 Å². The maximum Gasteiger partial charge on any atom is 0.124 e. The van der Waals surface area contributed by atoms with Crippen LogP contribution in [0.5, 0.6) is 0 Å². The van der Waals surface area contributed by atoms with Crippen molar-refractivity contribution in [3.8, 4) is 0 Å². The molecule has 1 unspecified atom stereocenters. The summed E-state index contributed by atoms with van der Waals surface area (Å²) in [5.74, 6) is -0.323. The van der Waals surface area contributed by atoms with Gasteiger partial charge in [-0.05, 0) is 35.4 Å². The maximum atomic E-state index is 13.0. The lowest BCUT2D eigenvalue weighted by Gasteiger charge is -2.14. The van der Waals surface area contributed by atoms with E-state index in [-0.39, 0.29) is 5.82 Å². The van der Waals surface area contributed by atoms with Gasteiger partial charge in [0.25, 0.3) is 0 Å². The lowest BCUT2D eigenvalue weighted by atomic mass is 10.0. The Labute approximate surface area is 128 Å². The van der Waals surface area contributed by atoms with Gasteiger partial charge in [0.15, 0.2) is 0 Å². The van der Waals surface area contributed by atoms with Crippen LogP contribution in [0.3, 0.4) is 0 Å². The van der Waals surface area contributed by atoms with E-state index < -0.39 is 5.38 Å². The Kier molecular flexibility index (Phi) is 4.54. The first kappa shape index (κ1) is 14.1. The molecule has 2 aromatic carbocycles. The Morgan fingerprint density at radius 3 is 2.28 bits per heavy atom. The summed E-state index contributed by atoms with van der Waals surface area (Å²) in [4.78, 5) is 0. The molecule has 18 heavy (non-hydrogen) atoms. The molecule has 0 aliphatic heterocycles. The minimum Gasteiger partial charge on any atom is -0.207 e. The van der Waals surface area contributed by atoms with E-state index >= 15 is 0 Å². The highest BCUT2D eigenvalue weighted by Crippen LogP contribution is 2.38. The Hall–Kier alpha value is -0.280. The monoisotopic (exact) mass is 366 g/mol. The van der Waals surface area contributed by atoms with E-state index in [0.717, 1.165) is 11.1 Å². The molecular formula is C13H7BrCl3F. The number of rotatable bonds is 2. The molecule has 0 saturated heterocycles. The Balaban J connectivity index is 2.44. The van der Waals surface area contributed by atoms with Gasteiger partial charge in [0, 0.05) is 14.5 Å². The van der Waals surface area contributed by atoms with Crippen molar-refractivity contribution in [2.75, 3.05) is 0 Å². The largest absolute Gasteiger partial charge is 0.207 e. The topological polar surface area (TPSA) is 0 Å². The van der Waals surface area contributed by atoms with E-state index in [1.165, 1.54) is 12.1 Å². The van der Waals surface area contributed by atoms with Gasteiger partial charge in [-0.15, -0.1) is 11.6 Å². The summed E-state index contributed by atoms with van der Waals surface area (Å²) >= 11 is 21.6. The van der Waals surface area contributed by atoms with Crippen LogP contribution in [0.4, 0.5) is 4.39 Å². The summed E-state index contributed by atoms with van der Waals surface area (Å²) in [6.45, 7) is 0. The average Bonchev–Trinajstić information content (AvgIpc) is 2.28. The third-order valence-corrected chi connectivity index (χ3v) is 4.19. The van der Waals surface area contributed by atoms with E-state index in [1.807, 2.05) is 0 Å². The lowest BCUT2D eigenvalue weighted by Crippen LogP contribution is -1.96. The van der Waals surface area contributed by atoms with Crippen molar-refractivity contribution >= 4 is 50.7 Å². The zero-order valence-electron chi connectivity index (χ0n) is 8.93. The van der Waals surface area contributed by atoms with E-state index in [0.29, 0.717) is 14.5 Å². The highest BCUT2D eigenvalue weighted by molar-refractivity contribution is 9.10. The smallest absolute Gasteiger partial charge is 0.124 e. The summed E-state index contributed by atoms with van der Waals surface area (Å²) < 4.78 is 13.6. The molecule has 2 rings (SSSR count). The zero-order chi connectivity index (χ0) is 13.3. The molecule has 0 radical (unpaired) electrons. The number of halogens is 5. The molecule has 2 aromatic rings. The number of hydrogen-bond acceptors (Lipinski definition) is 0. The minimum atomic E-state index is -0.468. The van der Waals surface area contributed by atoms with Crippen LogP contribution in [0.15, 0.2) is 40.9 Å². The normalized spacial score (nSPS) is 12.5. The standard InChI is InChI=1S/C13H7BrCl3F/c14-11-6-8(18)2-4-9(11)13(17)10-3-1-7(15)5-12(10)16/h1-6,13H. The van der Waals surface area contributed by atoms with Crippen molar-refractivity contribution in [3.05, 3.63) is 67.9 Å². The van der Waals surface area contributed by atoms with E-state index in [1.54, 1.807) is 24.3 Å². The van der Waals surface area contributed by atoms with Gasteiger partial charge < -0.3 is 0 Å². The quantitative estimate of drug-likeness (QED) is 0.552. The summed E-state index contributed by atoms with van der Waals surface area (Å²) in [5, 5.41) is 0.564. The second kappa shape index (κ2) is 5.79. The Bertz CT molecular complexity index is 535. The van der Waals surface area contributed by atoms with E-state index in [9.17, 15) is 4.39 Å². The molecule has 0 heterocycles. The fourth-order valence-electron chi connectivity index (χ4n) is 1.58. The molecule has 0 bridgehead atoms. The van der Waals surface area contributed by atoms with Gasteiger partial charge in [-0.2, -0.15) is 0 Å². The van der Waals surface area contributed by atoms with Gasteiger partial charge in [0.2, 0.25) is 0 Å². The summed E-state index contributed by atoms with van der Waals surface area (Å²) in [5.41, 5.74) is 1.48. The molecule has 0 amide bonds. The van der Waals surface area contributed by atoms with Crippen molar-refractivity contribution in [2.24, 2.45) is 0 Å². The number of hydrogen-bond donors (Lipinski definition) is 0. The molecule has 0 aromatic heterocycles. The molecule has 0 nitrogen and oxygen atoms in total. The number of alkyl halides is 1. The highest BCUT2D eigenvalue weighted by Gasteiger charge is 2.17. The lowest BCUT2D eigenvalue weighted by molar-refractivity contribution is 0.626. The minimum absolute atomic E-state index is 0.323. The van der Waals surface area contributed by atoms with Crippen molar-refractivity contribution in [3.63, 3.8) is 0 Å². The molecule has 0 aliphatic rings. The van der Waals surface area contributed by atoms with Crippen LogP contribution in [0.1, 0.15) is 16.5 Å². The third-order valence-electron chi connectivity index (χ3n) is 2.47. The first-order chi connectivity index (χ1) is 8.49.